The van der Waals surface area contributed by atoms with E-state index in [2.05, 4.69) is 5.32 Å². The van der Waals surface area contributed by atoms with Gasteiger partial charge in [-0.25, -0.2) is 9.69 Å². The molecular formula is C29H21N3O6. The van der Waals surface area contributed by atoms with Crippen molar-refractivity contribution in [3.05, 3.63) is 117 Å². The van der Waals surface area contributed by atoms with Crippen molar-refractivity contribution in [1.82, 2.24) is 5.32 Å². The first kappa shape index (κ1) is 24.4. The Hall–Kier alpha value is -5.31. The van der Waals surface area contributed by atoms with Crippen LogP contribution in [0.1, 0.15) is 16.7 Å². The number of hydrogen-bond donors (Lipinski definition) is 1. The fourth-order valence-corrected chi connectivity index (χ4v) is 4.30. The number of nitro groups is 1. The van der Waals surface area contributed by atoms with E-state index in [1.807, 2.05) is 61.5 Å². The Morgan fingerprint density at radius 2 is 1.74 bits per heavy atom. The zero-order valence-corrected chi connectivity index (χ0v) is 20.2. The van der Waals surface area contributed by atoms with Crippen LogP contribution in [0.4, 0.5) is 16.2 Å². The van der Waals surface area contributed by atoms with Crippen LogP contribution in [-0.4, -0.2) is 22.8 Å². The molecule has 0 aromatic heterocycles. The van der Waals surface area contributed by atoms with Crippen LogP contribution in [0.3, 0.4) is 0 Å². The third-order valence-electron chi connectivity index (χ3n) is 6.10. The highest BCUT2D eigenvalue weighted by atomic mass is 16.6. The van der Waals surface area contributed by atoms with Crippen molar-refractivity contribution < 1.29 is 24.0 Å². The van der Waals surface area contributed by atoms with E-state index in [0.29, 0.717) is 16.2 Å². The van der Waals surface area contributed by atoms with Crippen molar-refractivity contribution in [2.45, 2.75) is 13.5 Å². The summed E-state index contributed by atoms with van der Waals surface area (Å²) in [6.45, 7) is 2.24. The van der Waals surface area contributed by atoms with Crippen molar-refractivity contribution in [2.75, 3.05) is 4.90 Å². The molecule has 5 rings (SSSR count). The first-order valence-corrected chi connectivity index (χ1v) is 11.7. The summed E-state index contributed by atoms with van der Waals surface area (Å²) in [4.78, 5) is 50.2. The maximum Gasteiger partial charge on any atom is 0.335 e. The van der Waals surface area contributed by atoms with Crippen molar-refractivity contribution in [3.63, 3.8) is 0 Å². The average molecular weight is 508 g/mol. The fourth-order valence-electron chi connectivity index (χ4n) is 4.30. The summed E-state index contributed by atoms with van der Waals surface area (Å²) in [5.41, 5.74) is 1.88. The molecule has 1 aliphatic heterocycles. The monoisotopic (exact) mass is 507 g/mol. The molecule has 0 spiro atoms. The van der Waals surface area contributed by atoms with E-state index < -0.39 is 22.8 Å². The molecule has 4 amide bonds. The van der Waals surface area contributed by atoms with Gasteiger partial charge in [0.15, 0.2) is 0 Å². The number of rotatable bonds is 6. The number of ether oxygens (including phenoxy) is 1. The molecule has 0 unspecified atom stereocenters. The highest BCUT2D eigenvalue weighted by Crippen LogP contribution is 2.33. The molecule has 1 aliphatic rings. The third kappa shape index (κ3) is 4.72. The van der Waals surface area contributed by atoms with Crippen molar-refractivity contribution in [3.8, 4) is 5.75 Å². The molecule has 0 saturated carbocycles. The Bertz CT molecular complexity index is 1660. The zero-order chi connectivity index (χ0) is 26.8. The van der Waals surface area contributed by atoms with Gasteiger partial charge < -0.3 is 4.74 Å². The van der Waals surface area contributed by atoms with Crippen LogP contribution >= 0.6 is 0 Å². The number of hydrogen-bond acceptors (Lipinski definition) is 6. The molecule has 9 heteroatoms. The zero-order valence-electron chi connectivity index (χ0n) is 20.2. The molecule has 38 heavy (non-hydrogen) atoms. The first-order chi connectivity index (χ1) is 18.3. The number of urea groups is 1. The number of nitrogens with one attached hydrogen (secondary N) is 1. The van der Waals surface area contributed by atoms with Gasteiger partial charge in [-0.1, -0.05) is 66.2 Å². The number of anilines is 1. The molecular weight excluding hydrogens is 486 g/mol. The van der Waals surface area contributed by atoms with E-state index in [-0.39, 0.29) is 23.6 Å². The molecule has 1 saturated heterocycles. The van der Waals surface area contributed by atoms with Gasteiger partial charge in [0.05, 0.1) is 10.6 Å². The summed E-state index contributed by atoms with van der Waals surface area (Å²) in [6, 6.07) is 23.0. The van der Waals surface area contributed by atoms with Crippen LogP contribution in [0.5, 0.6) is 5.75 Å². The van der Waals surface area contributed by atoms with E-state index in [4.69, 9.17) is 4.74 Å². The van der Waals surface area contributed by atoms with E-state index >= 15 is 0 Å². The SMILES string of the molecule is Cc1cccc(COc2ccc3ccccc3c2/C=C2\C(=O)NC(=O)N(c3cccc([N+](=O)[O-])c3)C2=O)c1. The molecule has 9 nitrogen and oxygen atoms in total. The molecule has 0 radical (unpaired) electrons. The average Bonchev–Trinajstić information content (AvgIpc) is 2.90. The van der Waals surface area contributed by atoms with Crippen molar-refractivity contribution in [2.24, 2.45) is 0 Å². The first-order valence-electron chi connectivity index (χ1n) is 11.7. The minimum absolute atomic E-state index is 0.0334. The predicted molar refractivity (Wildman–Crippen MR) is 142 cm³/mol. The normalized spacial score (nSPS) is 14.6. The number of amides is 4. The largest absolute Gasteiger partial charge is 0.488 e. The number of benzene rings is 4. The third-order valence-corrected chi connectivity index (χ3v) is 6.10. The van der Waals surface area contributed by atoms with Gasteiger partial charge in [0.25, 0.3) is 17.5 Å². The van der Waals surface area contributed by atoms with Gasteiger partial charge in [-0.2, -0.15) is 0 Å². The Balaban J connectivity index is 1.58. The number of imide groups is 2. The Morgan fingerprint density at radius 1 is 0.947 bits per heavy atom. The number of non-ortho nitro benzene ring substituents is 1. The Morgan fingerprint density at radius 3 is 2.53 bits per heavy atom. The lowest BCUT2D eigenvalue weighted by molar-refractivity contribution is -0.384. The van der Waals surface area contributed by atoms with E-state index in [1.165, 1.54) is 24.3 Å². The molecule has 4 aromatic rings. The van der Waals surface area contributed by atoms with E-state index in [9.17, 15) is 24.5 Å². The van der Waals surface area contributed by atoms with Crippen molar-refractivity contribution in [1.29, 1.82) is 0 Å². The van der Waals surface area contributed by atoms with Gasteiger partial charge in [-0.05, 0) is 41.5 Å². The summed E-state index contributed by atoms with van der Waals surface area (Å²) >= 11 is 0. The van der Waals surface area contributed by atoms with E-state index in [1.54, 1.807) is 6.07 Å². The lowest BCUT2D eigenvalue weighted by Crippen LogP contribution is -2.54. The van der Waals surface area contributed by atoms with Crippen LogP contribution in [0, 0.1) is 17.0 Å². The number of nitrogens with zero attached hydrogens (tertiary/aromatic N) is 2. The van der Waals surface area contributed by atoms with Crippen LogP contribution in [0.25, 0.3) is 16.8 Å². The smallest absolute Gasteiger partial charge is 0.335 e. The number of barbiturate groups is 1. The molecule has 1 N–H and O–H groups in total. The second-order valence-electron chi connectivity index (χ2n) is 8.71. The second-order valence-corrected chi connectivity index (χ2v) is 8.71. The summed E-state index contributed by atoms with van der Waals surface area (Å²) in [7, 11) is 0. The standard InChI is InChI=1S/C29H21N3O6/c1-18-6-4-7-19(14-18)17-38-26-13-12-20-8-2-3-11-23(20)24(26)16-25-27(33)30-29(35)31(28(25)34)21-9-5-10-22(15-21)32(36)37/h2-16H,17H2,1H3,(H,30,33,35)/b25-16+. The summed E-state index contributed by atoms with van der Waals surface area (Å²) < 4.78 is 6.13. The summed E-state index contributed by atoms with van der Waals surface area (Å²) in [5.74, 6) is -1.34. The minimum Gasteiger partial charge on any atom is -0.488 e. The Kier molecular flexibility index (Phi) is 6.40. The minimum atomic E-state index is -0.994. The van der Waals surface area contributed by atoms with Gasteiger partial charge >= 0.3 is 6.03 Å². The molecule has 0 aliphatic carbocycles. The molecule has 4 aromatic carbocycles. The highest BCUT2D eigenvalue weighted by Gasteiger charge is 2.37. The van der Waals surface area contributed by atoms with Crippen molar-refractivity contribution >= 4 is 46.1 Å². The molecule has 188 valence electrons. The van der Waals surface area contributed by atoms with Gasteiger partial charge in [0.1, 0.15) is 17.9 Å². The lowest BCUT2D eigenvalue weighted by Gasteiger charge is -2.26. The fraction of sp³-hybridized carbons (Fsp3) is 0.0690. The lowest BCUT2D eigenvalue weighted by atomic mass is 9.99. The summed E-state index contributed by atoms with van der Waals surface area (Å²) in [6.07, 6.45) is 1.39. The number of carbonyl (C=O) groups excluding carboxylic acids is 3. The molecule has 0 bridgehead atoms. The molecule has 1 fully saturated rings. The van der Waals surface area contributed by atoms with Gasteiger partial charge in [0, 0.05) is 17.7 Å². The topological polar surface area (TPSA) is 119 Å². The molecule has 1 heterocycles. The van der Waals surface area contributed by atoms with Crippen LogP contribution in [0.15, 0.2) is 90.5 Å². The maximum atomic E-state index is 13.5. The summed E-state index contributed by atoms with van der Waals surface area (Å²) in [5, 5.41) is 15.0. The Labute approximate surface area is 217 Å². The number of fused-ring (bicyclic) bond motifs is 1. The highest BCUT2D eigenvalue weighted by molar-refractivity contribution is 6.39. The molecule has 0 atom stereocenters. The quantitative estimate of drug-likeness (QED) is 0.164. The van der Waals surface area contributed by atoms with Gasteiger partial charge in [-0.15, -0.1) is 0 Å². The van der Waals surface area contributed by atoms with Gasteiger partial charge in [0.2, 0.25) is 0 Å². The second kappa shape index (κ2) is 9.98. The number of carbonyl (C=O) groups is 3. The van der Waals surface area contributed by atoms with Gasteiger partial charge in [-0.3, -0.25) is 25.0 Å². The van der Waals surface area contributed by atoms with Crippen LogP contribution < -0.4 is 15.0 Å². The maximum absolute atomic E-state index is 13.5. The van der Waals surface area contributed by atoms with Crippen LogP contribution in [-0.2, 0) is 16.2 Å². The number of nitro benzene ring substituents is 1. The van der Waals surface area contributed by atoms with Crippen LogP contribution in [0.2, 0.25) is 0 Å². The van der Waals surface area contributed by atoms with E-state index in [0.717, 1.165) is 28.0 Å². The number of aryl methyl sites for hydroxylation is 1. The predicted octanol–water partition coefficient (Wildman–Crippen LogP) is 5.30.